The van der Waals surface area contributed by atoms with Gasteiger partial charge in [0.1, 0.15) is 5.78 Å². The van der Waals surface area contributed by atoms with Gasteiger partial charge in [-0.15, -0.1) is 6.58 Å². The first kappa shape index (κ1) is 11.4. The second kappa shape index (κ2) is 4.74. The normalized spacial score (nSPS) is 19.6. The van der Waals surface area contributed by atoms with E-state index in [4.69, 9.17) is 5.73 Å². The van der Waals surface area contributed by atoms with Crippen LogP contribution in [0.15, 0.2) is 12.2 Å². The van der Waals surface area contributed by atoms with Crippen molar-refractivity contribution in [3.63, 3.8) is 0 Å². The van der Waals surface area contributed by atoms with Gasteiger partial charge in [0.25, 0.3) is 0 Å². The lowest BCUT2D eigenvalue weighted by Gasteiger charge is -2.22. The van der Waals surface area contributed by atoms with Gasteiger partial charge in [-0.3, -0.25) is 4.79 Å². The fourth-order valence-electron chi connectivity index (χ4n) is 2.09. The Kier molecular flexibility index (Phi) is 3.87. The summed E-state index contributed by atoms with van der Waals surface area (Å²) in [6.07, 6.45) is 6.41. The molecule has 0 amide bonds. The van der Waals surface area contributed by atoms with E-state index in [0.717, 1.165) is 24.8 Å². The number of hydrogen-bond acceptors (Lipinski definition) is 2. The summed E-state index contributed by atoms with van der Waals surface area (Å²) in [6.45, 7) is 5.75. The molecule has 0 aromatic heterocycles. The molecule has 0 bridgehead atoms. The molecule has 0 aromatic carbocycles. The Balaban J connectivity index is 2.29. The van der Waals surface area contributed by atoms with Crippen molar-refractivity contribution < 1.29 is 4.79 Å². The first-order valence-electron chi connectivity index (χ1n) is 5.47. The minimum atomic E-state index is -0.174. The molecule has 14 heavy (non-hydrogen) atoms. The third kappa shape index (κ3) is 3.62. The van der Waals surface area contributed by atoms with Gasteiger partial charge in [-0.1, -0.05) is 18.4 Å². The molecule has 80 valence electrons. The molecule has 0 unspecified atom stereocenters. The van der Waals surface area contributed by atoms with Crippen LogP contribution in [0, 0.1) is 0 Å². The standard InChI is InChI=1S/C12H21NO/c1-10(2)5-6-11(14)9-12(13)7-3-4-8-12/h1,3-9,13H2,2H3. The molecule has 0 aromatic rings. The lowest BCUT2D eigenvalue weighted by Crippen LogP contribution is -2.38. The van der Waals surface area contributed by atoms with Crippen LogP contribution >= 0.6 is 0 Å². The van der Waals surface area contributed by atoms with E-state index in [1.807, 2.05) is 6.92 Å². The summed E-state index contributed by atoms with van der Waals surface area (Å²) in [5.41, 5.74) is 7.03. The van der Waals surface area contributed by atoms with E-state index in [-0.39, 0.29) is 5.54 Å². The van der Waals surface area contributed by atoms with E-state index >= 15 is 0 Å². The molecule has 0 spiro atoms. The molecule has 1 fully saturated rings. The van der Waals surface area contributed by atoms with Crippen molar-refractivity contribution in [1.29, 1.82) is 0 Å². The lowest BCUT2D eigenvalue weighted by atomic mass is 9.90. The average molecular weight is 195 g/mol. The summed E-state index contributed by atoms with van der Waals surface area (Å²) in [5, 5.41) is 0. The molecule has 2 nitrogen and oxygen atoms in total. The molecule has 1 aliphatic rings. The molecule has 0 atom stereocenters. The monoisotopic (exact) mass is 195 g/mol. The number of allylic oxidation sites excluding steroid dienone is 1. The Morgan fingerprint density at radius 3 is 2.43 bits per heavy atom. The van der Waals surface area contributed by atoms with Crippen molar-refractivity contribution in [3.8, 4) is 0 Å². The van der Waals surface area contributed by atoms with E-state index in [1.165, 1.54) is 12.8 Å². The zero-order valence-electron chi connectivity index (χ0n) is 9.14. The van der Waals surface area contributed by atoms with Crippen LogP contribution in [-0.2, 0) is 4.79 Å². The van der Waals surface area contributed by atoms with Crippen LogP contribution in [0.3, 0.4) is 0 Å². The summed E-state index contributed by atoms with van der Waals surface area (Å²) in [4.78, 5) is 11.6. The van der Waals surface area contributed by atoms with Crippen molar-refractivity contribution in [1.82, 2.24) is 0 Å². The first-order valence-corrected chi connectivity index (χ1v) is 5.47. The highest BCUT2D eigenvalue weighted by Crippen LogP contribution is 2.30. The van der Waals surface area contributed by atoms with Gasteiger partial charge in [0.2, 0.25) is 0 Å². The van der Waals surface area contributed by atoms with Gasteiger partial charge in [0, 0.05) is 18.4 Å². The summed E-state index contributed by atoms with van der Waals surface area (Å²) < 4.78 is 0. The molecule has 0 saturated heterocycles. The highest BCUT2D eigenvalue weighted by atomic mass is 16.1. The summed E-state index contributed by atoms with van der Waals surface area (Å²) >= 11 is 0. The third-order valence-electron chi connectivity index (χ3n) is 2.98. The number of nitrogens with two attached hydrogens (primary N) is 1. The largest absolute Gasteiger partial charge is 0.325 e. The number of carbonyl (C=O) groups is 1. The molecule has 1 rings (SSSR count). The molecule has 1 saturated carbocycles. The van der Waals surface area contributed by atoms with Crippen molar-refractivity contribution in [2.75, 3.05) is 0 Å². The van der Waals surface area contributed by atoms with Crippen LogP contribution in [0.4, 0.5) is 0 Å². The Morgan fingerprint density at radius 2 is 1.93 bits per heavy atom. The average Bonchev–Trinajstić information content (AvgIpc) is 2.48. The van der Waals surface area contributed by atoms with Gasteiger partial charge >= 0.3 is 0 Å². The van der Waals surface area contributed by atoms with Gasteiger partial charge in [-0.2, -0.15) is 0 Å². The maximum Gasteiger partial charge on any atom is 0.135 e. The fraction of sp³-hybridized carbons (Fsp3) is 0.750. The van der Waals surface area contributed by atoms with E-state index in [1.54, 1.807) is 0 Å². The van der Waals surface area contributed by atoms with E-state index < -0.39 is 0 Å². The molecule has 1 aliphatic carbocycles. The second-order valence-corrected chi connectivity index (χ2v) is 4.74. The van der Waals surface area contributed by atoms with Gasteiger partial charge in [0.05, 0.1) is 0 Å². The van der Waals surface area contributed by atoms with Gasteiger partial charge in [-0.05, 0) is 26.2 Å². The number of ketones is 1. The highest BCUT2D eigenvalue weighted by molar-refractivity contribution is 5.79. The number of Topliss-reactive ketones (excluding diaryl/α,β-unsaturated/α-hetero) is 1. The minimum absolute atomic E-state index is 0.174. The Morgan fingerprint density at radius 1 is 1.36 bits per heavy atom. The van der Waals surface area contributed by atoms with Crippen LogP contribution in [0.25, 0.3) is 0 Å². The predicted molar refractivity (Wildman–Crippen MR) is 59.1 cm³/mol. The number of rotatable bonds is 5. The van der Waals surface area contributed by atoms with E-state index in [2.05, 4.69) is 6.58 Å². The SMILES string of the molecule is C=C(C)CCC(=O)CC1(N)CCCC1. The third-order valence-corrected chi connectivity index (χ3v) is 2.98. The van der Waals surface area contributed by atoms with Crippen molar-refractivity contribution in [2.45, 2.75) is 57.4 Å². The van der Waals surface area contributed by atoms with Crippen LogP contribution in [0.5, 0.6) is 0 Å². The Hall–Kier alpha value is -0.630. The second-order valence-electron chi connectivity index (χ2n) is 4.74. The smallest absolute Gasteiger partial charge is 0.135 e. The Bertz CT molecular complexity index is 226. The molecule has 0 aliphatic heterocycles. The minimum Gasteiger partial charge on any atom is -0.325 e. The molecule has 0 heterocycles. The van der Waals surface area contributed by atoms with Crippen LogP contribution in [0.2, 0.25) is 0 Å². The maximum absolute atomic E-state index is 11.6. The van der Waals surface area contributed by atoms with Crippen LogP contribution < -0.4 is 5.73 Å². The predicted octanol–water partition coefficient (Wildman–Crippen LogP) is 2.57. The summed E-state index contributed by atoms with van der Waals surface area (Å²) in [7, 11) is 0. The highest BCUT2D eigenvalue weighted by Gasteiger charge is 2.31. The fourth-order valence-corrected chi connectivity index (χ4v) is 2.09. The molecule has 0 radical (unpaired) electrons. The van der Waals surface area contributed by atoms with E-state index in [0.29, 0.717) is 18.6 Å². The van der Waals surface area contributed by atoms with Crippen molar-refractivity contribution in [3.05, 3.63) is 12.2 Å². The first-order chi connectivity index (χ1) is 6.52. The summed E-state index contributed by atoms with van der Waals surface area (Å²) in [6, 6.07) is 0. The summed E-state index contributed by atoms with van der Waals surface area (Å²) in [5.74, 6) is 0.303. The number of carbonyl (C=O) groups excluding carboxylic acids is 1. The zero-order chi connectivity index (χ0) is 10.6. The maximum atomic E-state index is 11.6. The molecule has 2 N–H and O–H groups in total. The van der Waals surface area contributed by atoms with Gasteiger partial charge < -0.3 is 5.73 Å². The lowest BCUT2D eigenvalue weighted by molar-refractivity contribution is -0.120. The van der Waals surface area contributed by atoms with Gasteiger partial charge in [0.15, 0.2) is 0 Å². The topological polar surface area (TPSA) is 43.1 Å². The van der Waals surface area contributed by atoms with Crippen LogP contribution in [0.1, 0.15) is 51.9 Å². The molecular formula is C12H21NO. The molecule has 2 heteroatoms. The quantitative estimate of drug-likeness (QED) is 0.685. The van der Waals surface area contributed by atoms with Gasteiger partial charge in [-0.25, -0.2) is 0 Å². The van der Waals surface area contributed by atoms with E-state index in [9.17, 15) is 4.79 Å². The Labute approximate surface area is 86.6 Å². The molecular weight excluding hydrogens is 174 g/mol. The zero-order valence-corrected chi connectivity index (χ0v) is 9.14. The van der Waals surface area contributed by atoms with Crippen molar-refractivity contribution >= 4 is 5.78 Å². The van der Waals surface area contributed by atoms with Crippen LogP contribution in [-0.4, -0.2) is 11.3 Å². The number of hydrogen-bond donors (Lipinski definition) is 1. The van der Waals surface area contributed by atoms with Crippen molar-refractivity contribution in [2.24, 2.45) is 5.73 Å².